The summed E-state index contributed by atoms with van der Waals surface area (Å²) in [5.74, 6) is -0.624. The van der Waals surface area contributed by atoms with E-state index in [1.165, 1.54) is 7.11 Å². The van der Waals surface area contributed by atoms with E-state index in [2.05, 4.69) is 5.32 Å². The Morgan fingerprint density at radius 2 is 2.10 bits per heavy atom. The number of rotatable bonds is 5. The predicted molar refractivity (Wildman–Crippen MR) is 103 cm³/mol. The van der Waals surface area contributed by atoms with Crippen LogP contribution in [0.1, 0.15) is 37.2 Å². The summed E-state index contributed by atoms with van der Waals surface area (Å²) >= 11 is 0. The molecule has 4 rings (SSSR count). The zero-order valence-electron chi connectivity index (χ0n) is 16.5. The van der Waals surface area contributed by atoms with Crippen LogP contribution in [0.4, 0.5) is 5.69 Å². The molecule has 158 valence electrons. The highest BCUT2D eigenvalue weighted by molar-refractivity contribution is 5.95. The molecule has 3 aliphatic rings. The van der Waals surface area contributed by atoms with E-state index in [4.69, 9.17) is 18.9 Å². The molecule has 0 saturated carbocycles. The maximum atomic E-state index is 12.9. The Bertz CT molecular complexity index is 761. The molecule has 1 aromatic rings. The van der Waals surface area contributed by atoms with Gasteiger partial charge in [0.05, 0.1) is 51.5 Å². The molecule has 2 saturated heterocycles. The van der Waals surface area contributed by atoms with Crippen molar-refractivity contribution < 1.29 is 33.6 Å². The second kappa shape index (κ2) is 8.69. The molecular weight excluding hydrogens is 378 g/mol. The fourth-order valence-electron chi connectivity index (χ4n) is 4.53. The number of aliphatic hydroxyl groups excluding tert-OH is 1. The van der Waals surface area contributed by atoms with Crippen LogP contribution < -0.4 is 10.1 Å². The van der Waals surface area contributed by atoms with Crippen molar-refractivity contribution in [1.29, 1.82) is 0 Å². The first kappa shape index (κ1) is 20.1. The van der Waals surface area contributed by atoms with Gasteiger partial charge in [-0.1, -0.05) is 0 Å². The summed E-state index contributed by atoms with van der Waals surface area (Å²) in [5, 5.41) is 12.8. The van der Waals surface area contributed by atoms with Gasteiger partial charge in [0.1, 0.15) is 11.9 Å². The Hall–Kier alpha value is -2.16. The maximum Gasteiger partial charge on any atom is 0.308 e. The molecule has 29 heavy (non-hydrogen) atoms. The molecule has 2 bridgehead atoms. The van der Waals surface area contributed by atoms with Crippen LogP contribution in [-0.4, -0.2) is 62.2 Å². The van der Waals surface area contributed by atoms with Crippen molar-refractivity contribution in [2.75, 3.05) is 32.2 Å². The number of esters is 1. The fourth-order valence-corrected chi connectivity index (χ4v) is 4.53. The summed E-state index contributed by atoms with van der Waals surface area (Å²) in [6, 6.07) is 5.65. The van der Waals surface area contributed by atoms with Crippen LogP contribution in [0.15, 0.2) is 18.2 Å². The number of hydrogen-bond acceptors (Lipinski definition) is 7. The van der Waals surface area contributed by atoms with E-state index in [9.17, 15) is 14.7 Å². The zero-order chi connectivity index (χ0) is 20.4. The van der Waals surface area contributed by atoms with Crippen LogP contribution in [0.25, 0.3) is 0 Å². The first-order valence-corrected chi connectivity index (χ1v) is 10.1. The van der Waals surface area contributed by atoms with Gasteiger partial charge in [0, 0.05) is 30.0 Å². The second-order valence-electron chi connectivity index (χ2n) is 7.80. The number of carbonyl (C=O) groups excluding carboxylic acids is 2. The number of methoxy groups -OCH3 is 1. The smallest absolute Gasteiger partial charge is 0.308 e. The lowest BCUT2D eigenvalue weighted by Gasteiger charge is -2.40. The number of nitrogens with one attached hydrogen (secondary N) is 1. The van der Waals surface area contributed by atoms with Crippen LogP contribution in [0.5, 0.6) is 5.75 Å². The summed E-state index contributed by atoms with van der Waals surface area (Å²) in [4.78, 5) is 24.7. The number of benzene rings is 1. The van der Waals surface area contributed by atoms with Gasteiger partial charge < -0.3 is 29.4 Å². The number of aliphatic hydroxyl groups is 1. The third-order valence-electron chi connectivity index (χ3n) is 5.96. The summed E-state index contributed by atoms with van der Waals surface area (Å²) in [6.45, 7) is 1.04. The molecule has 0 radical (unpaired) electrons. The molecule has 3 heterocycles. The summed E-state index contributed by atoms with van der Waals surface area (Å²) in [6.07, 6.45) is 1.11. The van der Waals surface area contributed by atoms with Crippen LogP contribution in [0.2, 0.25) is 0 Å². The Labute approximate surface area is 169 Å². The van der Waals surface area contributed by atoms with E-state index >= 15 is 0 Å². The highest BCUT2D eigenvalue weighted by Gasteiger charge is 2.46. The highest BCUT2D eigenvalue weighted by atomic mass is 16.5. The van der Waals surface area contributed by atoms with Crippen molar-refractivity contribution >= 4 is 17.6 Å². The van der Waals surface area contributed by atoms with Gasteiger partial charge in [-0.15, -0.1) is 0 Å². The van der Waals surface area contributed by atoms with Gasteiger partial charge in [-0.05, 0) is 24.6 Å². The molecule has 8 heteroatoms. The first-order chi connectivity index (χ1) is 14.1. The standard InChI is InChI=1S/C21H27NO7/c1-26-19(24)10-14-9-16-15-8-12(22-21(25)20(16)18(11-23)29-14)2-3-17(15)28-13-4-6-27-7-5-13/h2-3,8,13-14,16,18,20,23H,4-7,9-11H2,1H3,(H,22,25)/t14-,16-,18+,20+/m1/s1. The molecule has 4 atom stereocenters. The molecule has 3 aliphatic heterocycles. The topological polar surface area (TPSA) is 103 Å². The summed E-state index contributed by atoms with van der Waals surface area (Å²) in [5.41, 5.74) is 1.61. The Morgan fingerprint density at radius 1 is 1.31 bits per heavy atom. The molecular formula is C21H27NO7. The minimum Gasteiger partial charge on any atom is -0.490 e. The van der Waals surface area contributed by atoms with E-state index in [-0.39, 0.29) is 36.9 Å². The number of carbonyl (C=O) groups is 2. The van der Waals surface area contributed by atoms with Gasteiger partial charge in [-0.2, -0.15) is 0 Å². The number of anilines is 1. The van der Waals surface area contributed by atoms with Gasteiger partial charge in [-0.25, -0.2) is 0 Å². The molecule has 2 N–H and O–H groups in total. The van der Waals surface area contributed by atoms with Crippen molar-refractivity contribution in [2.24, 2.45) is 5.92 Å². The SMILES string of the molecule is COC(=O)C[C@H]1C[C@@H]2c3cc(ccc3OC3CCOCC3)NC(=O)[C@@H]2[C@H](CO)O1. The van der Waals surface area contributed by atoms with E-state index < -0.39 is 18.1 Å². The van der Waals surface area contributed by atoms with Crippen LogP contribution in [0.3, 0.4) is 0 Å². The van der Waals surface area contributed by atoms with Crippen molar-refractivity contribution in [2.45, 2.75) is 49.9 Å². The highest BCUT2D eigenvalue weighted by Crippen LogP contribution is 2.46. The maximum absolute atomic E-state index is 12.9. The molecule has 0 unspecified atom stereocenters. The molecule has 0 aromatic heterocycles. The van der Waals surface area contributed by atoms with Crippen LogP contribution in [0, 0.1) is 5.92 Å². The largest absolute Gasteiger partial charge is 0.490 e. The average molecular weight is 405 g/mol. The van der Waals surface area contributed by atoms with Gasteiger partial charge >= 0.3 is 5.97 Å². The Kier molecular flexibility index (Phi) is 6.03. The molecule has 8 nitrogen and oxygen atoms in total. The van der Waals surface area contributed by atoms with E-state index in [0.29, 0.717) is 25.3 Å². The monoisotopic (exact) mass is 405 g/mol. The quantitative estimate of drug-likeness (QED) is 0.718. The lowest BCUT2D eigenvalue weighted by Crippen LogP contribution is -2.47. The third kappa shape index (κ3) is 4.24. The number of ether oxygens (including phenoxy) is 4. The minimum atomic E-state index is -0.700. The van der Waals surface area contributed by atoms with Gasteiger partial charge in [0.15, 0.2) is 0 Å². The van der Waals surface area contributed by atoms with Crippen LogP contribution >= 0.6 is 0 Å². The van der Waals surface area contributed by atoms with E-state index in [0.717, 1.165) is 24.2 Å². The van der Waals surface area contributed by atoms with Crippen molar-refractivity contribution in [3.8, 4) is 5.75 Å². The predicted octanol–water partition coefficient (Wildman–Crippen LogP) is 1.61. The number of amides is 1. The van der Waals surface area contributed by atoms with Gasteiger partial charge in [0.2, 0.25) is 5.91 Å². The van der Waals surface area contributed by atoms with Gasteiger partial charge in [0.25, 0.3) is 0 Å². The molecule has 1 aromatic carbocycles. The zero-order valence-corrected chi connectivity index (χ0v) is 16.5. The first-order valence-electron chi connectivity index (χ1n) is 10.1. The van der Waals surface area contributed by atoms with E-state index in [1.807, 2.05) is 18.2 Å². The average Bonchev–Trinajstić information content (AvgIpc) is 2.85. The Balaban J connectivity index is 1.65. The number of hydrogen-bond donors (Lipinski definition) is 2. The van der Waals surface area contributed by atoms with Crippen LogP contribution in [-0.2, 0) is 23.8 Å². The summed E-state index contributed by atoms with van der Waals surface area (Å²) in [7, 11) is 1.33. The normalized spacial score (nSPS) is 29.4. The lowest BCUT2D eigenvalue weighted by atomic mass is 9.76. The summed E-state index contributed by atoms with van der Waals surface area (Å²) < 4.78 is 22.4. The second-order valence-corrected chi connectivity index (χ2v) is 7.80. The third-order valence-corrected chi connectivity index (χ3v) is 5.96. The number of fused-ring (bicyclic) bond motifs is 4. The van der Waals surface area contributed by atoms with Crippen molar-refractivity contribution in [1.82, 2.24) is 0 Å². The lowest BCUT2D eigenvalue weighted by molar-refractivity contribution is -0.156. The van der Waals surface area contributed by atoms with E-state index in [1.54, 1.807) is 0 Å². The molecule has 1 amide bonds. The molecule has 0 spiro atoms. The molecule has 2 fully saturated rings. The fraction of sp³-hybridized carbons (Fsp3) is 0.619. The van der Waals surface area contributed by atoms with Crippen molar-refractivity contribution in [3.63, 3.8) is 0 Å². The Morgan fingerprint density at radius 3 is 2.83 bits per heavy atom. The molecule has 0 aliphatic carbocycles. The van der Waals surface area contributed by atoms with Crippen molar-refractivity contribution in [3.05, 3.63) is 23.8 Å². The van der Waals surface area contributed by atoms with Gasteiger partial charge in [-0.3, -0.25) is 9.59 Å². The minimum absolute atomic E-state index is 0.0653.